The first-order chi connectivity index (χ1) is 13.1. The number of halogens is 1. The molecule has 0 aromatic carbocycles. The number of aliphatic imine (C=N–C) groups is 1. The van der Waals surface area contributed by atoms with Gasteiger partial charge in [-0.2, -0.15) is 0 Å². The van der Waals surface area contributed by atoms with E-state index >= 15 is 0 Å². The number of hydrogen-bond donors (Lipinski definition) is 0. The van der Waals surface area contributed by atoms with Gasteiger partial charge in [0.1, 0.15) is 5.83 Å². The van der Waals surface area contributed by atoms with Crippen LogP contribution in [0.4, 0.5) is 4.39 Å². The summed E-state index contributed by atoms with van der Waals surface area (Å²) in [6.07, 6.45) is 17.5. The van der Waals surface area contributed by atoms with E-state index in [0.717, 1.165) is 43.6 Å². The van der Waals surface area contributed by atoms with Crippen LogP contribution < -0.4 is 0 Å². The van der Waals surface area contributed by atoms with Crippen molar-refractivity contribution in [3.8, 4) is 0 Å². The third kappa shape index (κ3) is 7.00. The zero-order chi connectivity index (χ0) is 19.5. The highest BCUT2D eigenvalue weighted by Gasteiger charge is 2.21. The van der Waals surface area contributed by atoms with E-state index in [2.05, 4.69) is 29.7 Å². The van der Waals surface area contributed by atoms with Gasteiger partial charge in [-0.05, 0) is 43.4 Å². The van der Waals surface area contributed by atoms with Gasteiger partial charge in [0.15, 0.2) is 0 Å². The maximum atomic E-state index is 13.4. The Bertz CT molecular complexity index is 674. The van der Waals surface area contributed by atoms with E-state index < -0.39 is 0 Å². The van der Waals surface area contributed by atoms with E-state index in [-0.39, 0.29) is 17.8 Å². The minimum atomic E-state index is -0.181. The standard InChI is InChI=1S/C22H29FN2O2/c1-3-18-8-6-7-17-25(20-13-11-19(23)12-14-20)21(24-16-15-18)9-4-5-10-22(26)27-2/h3,6,8,11-13,15,20H,1,4-5,7,9-10,14,16-17H2,2H3/b8-6-,18-15-,24-21?. The fourth-order valence-corrected chi connectivity index (χ4v) is 3.18. The topological polar surface area (TPSA) is 41.9 Å². The van der Waals surface area contributed by atoms with E-state index in [1.165, 1.54) is 13.2 Å². The fourth-order valence-electron chi connectivity index (χ4n) is 3.18. The number of carbonyl (C=O) groups excluding carboxylic acids is 1. The molecule has 27 heavy (non-hydrogen) atoms. The molecule has 2 rings (SSSR count). The van der Waals surface area contributed by atoms with Gasteiger partial charge in [0.2, 0.25) is 0 Å². The maximum Gasteiger partial charge on any atom is 0.305 e. The summed E-state index contributed by atoms with van der Waals surface area (Å²) in [6, 6.07) is 0.111. The van der Waals surface area contributed by atoms with Crippen molar-refractivity contribution in [3.63, 3.8) is 0 Å². The second-order valence-electron chi connectivity index (χ2n) is 6.58. The van der Waals surface area contributed by atoms with Crippen LogP contribution >= 0.6 is 0 Å². The van der Waals surface area contributed by atoms with Crippen LogP contribution in [0.15, 0.2) is 65.5 Å². The molecule has 0 bridgehead atoms. The molecule has 0 saturated heterocycles. The molecule has 1 atom stereocenters. The number of rotatable bonds is 7. The average molecular weight is 372 g/mol. The lowest BCUT2D eigenvalue weighted by atomic mass is 10.0. The van der Waals surface area contributed by atoms with Gasteiger partial charge in [-0.15, -0.1) is 0 Å². The number of ether oxygens (including phenoxy) is 1. The molecule has 0 saturated carbocycles. The minimum absolute atomic E-state index is 0.111. The number of carbonyl (C=O) groups is 1. The zero-order valence-corrected chi connectivity index (χ0v) is 16.1. The van der Waals surface area contributed by atoms with Gasteiger partial charge in [-0.25, -0.2) is 4.39 Å². The van der Waals surface area contributed by atoms with Crippen LogP contribution in [0.3, 0.4) is 0 Å². The first-order valence-electron chi connectivity index (χ1n) is 9.54. The molecule has 1 unspecified atom stereocenters. The lowest BCUT2D eigenvalue weighted by Crippen LogP contribution is -2.40. The summed E-state index contributed by atoms with van der Waals surface area (Å²) in [6.45, 7) is 5.24. The fraction of sp³-hybridized carbons (Fsp3) is 0.455. The van der Waals surface area contributed by atoms with Crippen molar-refractivity contribution in [1.29, 1.82) is 0 Å². The van der Waals surface area contributed by atoms with Crippen LogP contribution in [0.5, 0.6) is 0 Å². The summed E-state index contributed by atoms with van der Waals surface area (Å²) in [4.78, 5) is 18.4. The molecule has 0 spiro atoms. The molecule has 2 aliphatic rings. The molecule has 1 heterocycles. The molecule has 1 aliphatic carbocycles. The van der Waals surface area contributed by atoms with Gasteiger partial charge in [0.25, 0.3) is 0 Å². The molecule has 146 valence electrons. The van der Waals surface area contributed by atoms with Crippen LogP contribution in [0.2, 0.25) is 0 Å². The minimum Gasteiger partial charge on any atom is -0.469 e. The van der Waals surface area contributed by atoms with Crippen molar-refractivity contribution in [2.75, 3.05) is 20.2 Å². The third-order valence-electron chi connectivity index (χ3n) is 4.71. The van der Waals surface area contributed by atoms with Crippen molar-refractivity contribution in [2.24, 2.45) is 4.99 Å². The molecule has 0 aromatic rings. The third-order valence-corrected chi connectivity index (χ3v) is 4.71. The molecular formula is C22H29FN2O2. The second kappa shape index (κ2) is 11.3. The number of methoxy groups -OCH3 is 1. The summed E-state index contributed by atoms with van der Waals surface area (Å²) in [5.74, 6) is 0.654. The van der Waals surface area contributed by atoms with Crippen LogP contribution in [0, 0.1) is 0 Å². The normalized spacial score (nSPS) is 23.6. The largest absolute Gasteiger partial charge is 0.469 e. The quantitative estimate of drug-likeness (QED) is 0.481. The maximum absolute atomic E-state index is 13.4. The molecule has 5 heteroatoms. The van der Waals surface area contributed by atoms with Crippen molar-refractivity contribution >= 4 is 11.8 Å². The molecule has 0 fully saturated rings. The summed E-state index contributed by atoms with van der Waals surface area (Å²) in [5, 5.41) is 0. The Morgan fingerprint density at radius 1 is 1.41 bits per heavy atom. The summed E-state index contributed by atoms with van der Waals surface area (Å²) < 4.78 is 18.1. The van der Waals surface area contributed by atoms with Crippen LogP contribution in [-0.4, -0.2) is 42.9 Å². The number of esters is 1. The van der Waals surface area contributed by atoms with Crippen LogP contribution in [0.1, 0.15) is 38.5 Å². The number of amidine groups is 1. The van der Waals surface area contributed by atoms with E-state index in [1.54, 1.807) is 6.08 Å². The summed E-state index contributed by atoms with van der Waals surface area (Å²) >= 11 is 0. The number of nitrogens with zero attached hydrogens (tertiary/aromatic N) is 2. The lowest BCUT2D eigenvalue weighted by Gasteiger charge is -2.33. The van der Waals surface area contributed by atoms with Gasteiger partial charge < -0.3 is 9.64 Å². The predicted molar refractivity (Wildman–Crippen MR) is 108 cm³/mol. The molecule has 0 radical (unpaired) electrons. The highest BCUT2D eigenvalue weighted by molar-refractivity contribution is 5.83. The monoisotopic (exact) mass is 372 g/mol. The van der Waals surface area contributed by atoms with E-state index in [1.807, 2.05) is 12.2 Å². The predicted octanol–water partition coefficient (Wildman–Crippen LogP) is 4.67. The van der Waals surface area contributed by atoms with E-state index in [0.29, 0.717) is 19.4 Å². The Morgan fingerprint density at radius 2 is 2.26 bits per heavy atom. The van der Waals surface area contributed by atoms with Gasteiger partial charge in [-0.1, -0.05) is 37.0 Å². The molecule has 4 nitrogen and oxygen atoms in total. The van der Waals surface area contributed by atoms with Crippen molar-refractivity contribution in [2.45, 2.75) is 44.6 Å². The summed E-state index contributed by atoms with van der Waals surface area (Å²) in [5.41, 5.74) is 1.07. The molecule has 0 N–H and O–H groups in total. The first kappa shape index (κ1) is 20.9. The van der Waals surface area contributed by atoms with Crippen molar-refractivity contribution < 1.29 is 13.9 Å². The van der Waals surface area contributed by atoms with Gasteiger partial charge >= 0.3 is 5.97 Å². The van der Waals surface area contributed by atoms with Crippen molar-refractivity contribution in [3.05, 3.63) is 60.5 Å². The SMILES string of the molecule is C=CC1=C/CN=C(CCCCC(=O)OC)N(C2C=CC(F)=CC2)CC/C=C\1. The van der Waals surface area contributed by atoms with Crippen LogP contribution in [-0.2, 0) is 9.53 Å². The Kier molecular flexibility index (Phi) is 8.75. The Balaban J connectivity index is 2.11. The van der Waals surface area contributed by atoms with Gasteiger partial charge in [0, 0.05) is 19.4 Å². The van der Waals surface area contributed by atoms with E-state index in [4.69, 9.17) is 9.73 Å². The second-order valence-corrected chi connectivity index (χ2v) is 6.58. The lowest BCUT2D eigenvalue weighted by molar-refractivity contribution is -0.140. The average Bonchev–Trinajstić information content (AvgIpc) is 2.69. The molecule has 0 amide bonds. The van der Waals surface area contributed by atoms with Crippen molar-refractivity contribution in [1.82, 2.24) is 4.90 Å². The molecule has 0 aromatic heterocycles. The molecule has 1 aliphatic heterocycles. The van der Waals surface area contributed by atoms with E-state index in [9.17, 15) is 9.18 Å². The highest BCUT2D eigenvalue weighted by atomic mass is 19.1. The van der Waals surface area contributed by atoms with Crippen LogP contribution in [0.25, 0.3) is 0 Å². The Morgan fingerprint density at radius 3 is 2.96 bits per heavy atom. The Labute approximate surface area is 161 Å². The first-order valence-corrected chi connectivity index (χ1v) is 9.54. The highest BCUT2D eigenvalue weighted by Crippen LogP contribution is 2.20. The number of unbranched alkanes of at least 4 members (excludes halogenated alkanes) is 1. The summed E-state index contributed by atoms with van der Waals surface area (Å²) in [7, 11) is 1.41. The van der Waals surface area contributed by atoms with Gasteiger partial charge in [0.05, 0.1) is 25.5 Å². The smallest absolute Gasteiger partial charge is 0.305 e. The zero-order valence-electron chi connectivity index (χ0n) is 16.1. The Hall–Kier alpha value is -2.43. The number of hydrogen-bond acceptors (Lipinski definition) is 4. The van der Waals surface area contributed by atoms with Gasteiger partial charge in [-0.3, -0.25) is 9.79 Å². The molecular weight excluding hydrogens is 343 g/mol. The number of allylic oxidation sites excluding steroid dienone is 5.